The van der Waals surface area contributed by atoms with Gasteiger partial charge in [0, 0.05) is 0 Å². The van der Waals surface area contributed by atoms with Crippen molar-refractivity contribution in [3.8, 4) is 0 Å². The monoisotopic (exact) mass is 210 g/mol. The van der Waals surface area contributed by atoms with E-state index in [2.05, 4.69) is 29.8 Å². The van der Waals surface area contributed by atoms with E-state index in [0.29, 0.717) is 15.0 Å². The van der Waals surface area contributed by atoms with E-state index in [1.807, 2.05) is 23.2 Å². The summed E-state index contributed by atoms with van der Waals surface area (Å²) in [6.07, 6.45) is 2.13. The van der Waals surface area contributed by atoms with Crippen LogP contribution in [0.4, 0.5) is 0 Å². The zero-order valence-electron chi connectivity index (χ0n) is 6.23. The summed E-state index contributed by atoms with van der Waals surface area (Å²) in [5, 5.41) is 0. The Kier molecular flexibility index (Phi) is 3.74. The molecule has 0 N–H and O–H groups in total. The molecule has 0 heterocycles. The first-order chi connectivity index (χ1) is 5.43. The summed E-state index contributed by atoms with van der Waals surface area (Å²) < 4.78 is 0. The molecule has 0 fully saturated rings. The van der Waals surface area contributed by atoms with Gasteiger partial charge in [-0.2, -0.15) is 0 Å². The van der Waals surface area contributed by atoms with Crippen LogP contribution in [0.1, 0.15) is 5.56 Å². The molecule has 0 bridgehead atoms. The molecule has 0 aliphatic heterocycles. The van der Waals surface area contributed by atoms with Gasteiger partial charge in [-0.15, -0.1) is 0 Å². The zero-order valence-corrected chi connectivity index (χ0v) is 7.95. The molecule has 0 spiro atoms. The zero-order chi connectivity index (χ0) is 7.94. The van der Waals surface area contributed by atoms with Crippen LogP contribution in [0.5, 0.6) is 0 Å². The van der Waals surface area contributed by atoms with E-state index in [4.69, 9.17) is 0 Å². The van der Waals surface area contributed by atoms with Crippen molar-refractivity contribution in [2.24, 2.45) is 0 Å². The Morgan fingerprint density at radius 2 is 1.91 bits per heavy atom. The topological polar surface area (TPSA) is 0 Å². The van der Waals surface area contributed by atoms with E-state index in [9.17, 15) is 0 Å². The van der Waals surface area contributed by atoms with Gasteiger partial charge in [0.25, 0.3) is 0 Å². The maximum atomic E-state index is 3.67. The molecule has 0 atom stereocenters. The Morgan fingerprint density at radius 1 is 1.18 bits per heavy atom. The van der Waals surface area contributed by atoms with Crippen LogP contribution in [-0.2, 0) is 0 Å². The number of rotatable bonds is 3. The van der Waals surface area contributed by atoms with Crippen LogP contribution in [0.25, 0.3) is 6.08 Å². The standard InChI is InChI=1S/C10H10Se/c1-2-11-9-8-10-6-4-3-5-7-10/h2-9H,1H2/b9-8-. The van der Waals surface area contributed by atoms with Crippen LogP contribution >= 0.6 is 0 Å². The Balaban J connectivity index is 2.57. The Morgan fingerprint density at radius 3 is 2.55 bits per heavy atom. The van der Waals surface area contributed by atoms with Crippen LogP contribution < -0.4 is 0 Å². The van der Waals surface area contributed by atoms with Gasteiger partial charge < -0.3 is 0 Å². The van der Waals surface area contributed by atoms with Crippen molar-refractivity contribution in [2.75, 3.05) is 0 Å². The molecule has 0 aliphatic rings. The molecule has 1 rings (SSSR count). The maximum absolute atomic E-state index is 3.67. The van der Waals surface area contributed by atoms with Crippen molar-refractivity contribution in [1.29, 1.82) is 0 Å². The van der Waals surface area contributed by atoms with Gasteiger partial charge >= 0.3 is 73.5 Å². The van der Waals surface area contributed by atoms with E-state index in [1.165, 1.54) is 5.56 Å². The predicted octanol–water partition coefficient (Wildman–Crippen LogP) is 2.51. The van der Waals surface area contributed by atoms with E-state index in [0.717, 1.165) is 0 Å². The van der Waals surface area contributed by atoms with Gasteiger partial charge in [0.15, 0.2) is 0 Å². The summed E-state index contributed by atoms with van der Waals surface area (Å²) in [4.78, 5) is 4.11. The molecule has 1 aromatic rings. The molecule has 0 saturated carbocycles. The van der Waals surface area contributed by atoms with E-state index in [-0.39, 0.29) is 0 Å². The van der Waals surface area contributed by atoms with Gasteiger partial charge in [0.05, 0.1) is 0 Å². The first-order valence-electron chi connectivity index (χ1n) is 3.41. The summed E-state index contributed by atoms with van der Waals surface area (Å²) in [6.45, 7) is 3.67. The van der Waals surface area contributed by atoms with Crippen molar-refractivity contribution in [1.82, 2.24) is 0 Å². The van der Waals surface area contributed by atoms with Crippen molar-refractivity contribution in [2.45, 2.75) is 0 Å². The van der Waals surface area contributed by atoms with E-state index >= 15 is 0 Å². The molecular formula is C10H10Se. The number of hydrogen-bond donors (Lipinski definition) is 0. The third kappa shape index (κ3) is 3.22. The summed E-state index contributed by atoms with van der Waals surface area (Å²) in [6, 6.07) is 10.3. The second-order valence-corrected chi connectivity index (χ2v) is 3.86. The number of hydrogen-bond acceptors (Lipinski definition) is 0. The van der Waals surface area contributed by atoms with Crippen molar-refractivity contribution in [3.05, 3.63) is 52.4 Å². The molecule has 1 aromatic carbocycles. The molecule has 0 amide bonds. The molecule has 0 nitrogen and oxygen atoms in total. The fourth-order valence-electron chi connectivity index (χ4n) is 0.738. The van der Waals surface area contributed by atoms with Crippen LogP contribution in [0.15, 0.2) is 46.9 Å². The van der Waals surface area contributed by atoms with Gasteiger partial charge in [-0.1, -0.05) is 0 Å². The average molecular weight is 209 g/mol. The fourth-order valence-corrected chi connectivity index (χ4v) is 1.47. The van der Waals surface area contributed by atoms with Crippen molar-refractivity contribution >= 4 is 21.0 Å². The molecule has 11 heavy (non-hydrogen) atoms. The van der Waals surface area contributed by atoms with Gasteiger partial charge in [-0.05, 0) is 0 Å². The van der Waals surface area contributed by atoms with E-state index in [1.54, 1.807) is 0 Å². The van der Waals surface area contributed by atoms with Gasteiger partial charge in [0.2, 0.25) is 0 Å². The molecule has 0 aliphatic carbocycles. The normalized spacial score (nSPS) is 10.2. The van der Waals surface area contributed by atoms with Crippen molar-refractivity contribution < 1.29 is 0 Å². The Hall–Kier alpha value is -0.781. The molecule has 0 unspecified atom stereocenters. The fraction of sp³-hybridized carbons (Fsp3) is 0. The molecular weight excluding hydrogens is 199 g/mol. The predicted molar refractivity (Wildman–Crippen MR) is 51.4 cm³/mol. The van der Waals surface area contributed by atoms with E-state index < -0.39 is 0 Å². The Labute approximate surface area is 73.8 Å². The van der Waals surface area contributed by atoms with Crippen LogP contribution in [0.2, 0.25) is 0 Å². The molecule has 1 heteroatoms. The quantitative estimate of drug-likeness (QED) is 0.671. The molecule has 0 radical (unpaired) electrons. The second-order valence-electron chi connectivity index (χ2n) is 2.02. The summed E-state index contributed by atoms with van der Waals surface area (Å²) in [5.74, 6) is 0. The van der Waals surface area contributed by atoms with Gasteiger partial charge in [0.1, 0.15) is 0 Å². The van der Waals surface area contributed by atoms with Gasteiger partial charge in [-0.25, -0.2) is 0 Å². The minimum absolute atomic E-state index is 0.454. The summed E-state index contributed by atoms with van der Waals surface area (Å²) in [7, 11) is 0. The average Bonchev–Trinajstić information content (AvgIpc) is 2.07. The molecule has 0 saturated heterocycles. The minimum atomic E-state index is 0.454. The van der Waals surface area contributed by atoms with Crippen molar-refractivity contribution in [3.63, 3.8) is 0 Å². The third-order valence-electron chi connectivity index (χ3n) is 1.23. The summed E-state index contributed by atoms with van der Waals surface area (Å²) >= 11 is 0.454. The third-order valence-corrected chi connectivity index (χ3v) is 2.25. The van der Waals surface area contributed by atoms with Crippen LogP contribution in [0, 0.1) is 0 Å². The first kappa shape index (κ1) is 8.32. The first-order valence-corrected chi connectivity index (χ1v) is 5.39. The Bertz CT molecular complexity index is 236. The molecule has 0 aromatic heterocycles. The van der Waals surface area contributed by atoms with Crippen LogP contribution in [-0.4, -0.2) is 15.0 Å². The summed E-state index contributed by atoms with van der Waals surface area (Å²) in [5.41, 5.74) is 1.26. The van der Waals surface area contributed by atoms with Crippen LogP contribution in [0.3, 0.4) is 0 Å². The molecule has 56 valence electrons. The van der Waals surface area contributed by atoms with Gasteiger partial charge in [-0.3, -0.25) is 0 Å². The SMILES string of the molecule is C=C[Se]/C=C\c1ccccc1. The second kappa shape index (κ2) is 4.95. The number of benzene rings is 1.